The first-order valence-electron chi connectivity index (χ1n) is 8.13. The number of fused-ring (bicyclic) bond motifs is 1. The molecular formula is C18H25IN4O. The molecule has 1 aromatic heterocycles. The number of nitrogens with one attached hydrogen (secondary N) is 2. The maximum atomic E-state index is 5.19. The Balaban J connectivity index is 0.00000208. The summed E-state index contributed by atoms with van der Waals surface area (Å²) in [6, 6.07) is 8.73. The molecule has 1 heterocycles. The molecule has 24 heavy (non-hydrogen) atoms. The molecule has 2 N–H and O–H groups in total. The zero-order valence-electron chi connectivity index (χ0n) is 14.4. The quantitative estimate of drug-likeness (QED) is 0.435. The summed E-state index contributed by atoms with van der Waals surface area (Å²) in [5.41, 5.74) is 4.98. The van der Waals surface area contributed by atoms with Crippen molar-refractivity contribution in [1.82, 2.24) is 15.8 Å². The molecule has 0 spiro atoms. The van der Waals surface area contributed by atoms with E-state index < -0.39 is 0 Å². The van der Waals surface area contributed by atoms with Gasteiger partial charge in [0.1, 0.15) is 5.76 Å². The SMILES string of the molecule is CN=C(NCc1c(C)noc1C)NCC1CCc2ccccc21.I. The Morgan fingerprint density at radius 2 is 2.08 bits per heavy atom. The van der Waals surface area contributed by atoms with Crippen LogP contribution in [0, 0.1) is 13.8 Å². The van der Waals surface area contributed by atoms with E-state index in [1.54, 1.807) is 7.05 Å². The Kier molecular flexibility index (Phi) is 6.65. The lowest BCUT2D eigenvalue weighted by molar-refractivity contribution is 0.392. The lowest BCUT2D eigenvalue weighted by Crippen LogP contribution is -2.38. The van der Waals surface area contributed by atoms with Crippen molar-refractivity contribution in [3.05, 3.63) is 52.4 Å². The molecule has 1 atom stereocenters. The van der Waals surface area contributed by atoms with E-state index in [0.29, 0.717) is 12.5 Å². The second-order valence-corrected chi connectivity index (χ2v) is 6.04. The fourth-order valence-electron chi connectivity index (χ4n) is 3.22. The molecule has 0 saturated heterocycles. The summed E-state index contributed by atoms with van der Waals surface area (Å²) in [4.78, 5) is 4.31. The third-order valence-corrected chi connectivity index (χ3v) is 4.61. The van der Waals surface area contributed by atoms with Crippen LogP contribution in [-0.2, 0) is 13.0 Å². The van der Waals surface area contributed by atoms with E-state index in [-0.39, 0.29) is 24.0 Å². The van der Waals surface area contributed by atoms with Crippen LogP contribution in [0.3, 0.4) is 0 Å². The Labute approximate surface area is 160 Å². The maximum Gasteiger partial charge on any atom is 0.191 e. The number of guanidine groups is 1. The van der Waals surface area contributed by atoms with Crippen LogP contribution in [0.25, 0.3) is 0 Å². The maximum absolute atomic E-state index is 5.19. The summed E-state index contributed by atoms with van der Waals surface area (Å²) in [6.45, 7) is 5.46. The number of aromatic nitrogens is 1. The van der Waals surface area contributed by atoms with Gasteiger partial charge in [0.15, 0.2) is 5.96 Å². The average Bonchev–Trinajstić information content (AvgIpc) is 3.12. The number of halogens is 1. The van der Waals surface area contributed by atoms with Crippen LogP contribution in [0.15, 0.2) is 33.8 Å². The molecule has 0 radical (unpaired) electrons. The van der Waals surface area contributed by atoms with Gasteiger partial charge < -0.3 is 15.2 Å². The molecule has 1 aliphatic rings. The number of nitrogens with zero attached hydrogens (tertiary/aromatic N) is 2. The molecule has 0 bridgehead atoms. The summed E-state index contributed by atoms with van der Waals surface area (Å²) in [7, 11) is 1.80. The lowest BCUT2D eigenvalue weighted by atomic mass is 10.0. The first-order chi connectivity index (χ1) is 11.2. The van der Waals surface area contributed by atoms with Gasteiger partial charge in [-0.25, -0.2) is 0 Å². The van der Waals surface area contributed by atoms with E-state index in [0.717, 1.165) is 29.5 Å². The van der Waals surface area contributed by atoms with Gasteiger partial charge >= 0.3 is 0 Å². The standard InChI is InChI=1S/C18H24N4O.HI/c1-12-17(13(2)23-22-12)11-21-18(19-3)20-10-15-9-8-14-6-4-5-7-16(14)15;/h4-7,15H,8-11H2,1-3H3,(H2,19,20,21);1H. The van der Waals surface area contributed by atoms with E-state index in [9.17, 15) is 0 Å². The molecule has 3 rings (SSSR count). The van der Waals surface area contributed by atoms with Crippen LogP contribution in [0.2, 0.25) is 0 Å². The van der Waals surface area contributed by atoms with Gasteiger partial charge in [0, 0.05) is 31.6 Å². The van der Waals surface area contributed by atoms with Crippen molar-refractivity contribution >= 4 is 29.9 Å². The number of aliphatic imine (C=N–C) groups is 1. The topological polar surface area (TPSA) is 62.5 Å². The van der Waals surface area contributed by atoms with Gasteiger partial charge in [-0.2, -0.15) is 0 Å². The first kappa shape index (κ1) is 18.8. The number of hydrogen-bond donors (Lipinski definition) is 2. The highest BCUT2D eigenvalue weighted by atomic mass is 127. The normalized spacial score (nSPS) is 16.5. The Bertz CT molecular complexity index is 691. The summed E-state index contributed by atoms with van der Waals surface area (Å²) in [6.07, 6.45) is 2.38. The van der Waals surface area contributed by atoms with Gasteiger partial charge in [0.25, 0.3) is 0 Å². The molecule has 0 saturated carbocycles. The zero-order valence-corrected chi connectivity index (χ0v) is 16.8. The van der Waals surface area contributed by atoms with Crippen LogP contribution in [0.1, 0.15) is 40.5 Å². The predicted molar refractivity (Wildman–Crippen MR) is 107 cm³/mol. The van der Waals surface area contributed by atoms with Crippen molar-refractivity contribution < 1.29 is 4.52 Å². The molecule has 6 heteroatoms. The Morgan fingerprint density at radius 1 is 1.29 bits per heavy atom. The third-order valence-electron chi connectivity index (χ3n) is 4.61. The van der Waals surface area contributed by atoms with Crippen molar-refractivity contribution in [2.45, 2.75) is 39.2 Å². The summed E-state index contributed by atoms with van der Waals surface area (Å²) in [5.74, 6) is 2.23. The van der Waals surface area contributed by atoms with Gasteiger partial charge in [-0.05, 0) is 37.8 Å². The van der Waals surface area contributed by atoms with Crippen molar-refractivity contribution in [3.63, 3.8) is 0 Å². The van der Waals surface area contributed by atoms with Gasteiger partial charge in [0.2, 0.25) is 0 Å². The molecule has 1 unspecified atom stereocenters. The highest BCUT2D eigenvalue weighted by molar-refractivity contribution is 14.0. The molecule has 5 nitrogen and oxygen atoms in total. The van der Waals surface area contributed by atoms with Crippen molar-refractivity contribution in [1.29, 1.82) is 0 Å². The lowest BCUT2D eigenvalue weighted by Gasteiger charge is -2.16. The molecule has 0 amide bonds. The second kappa shape index (κ2) is 8.50. The molecule has 130 valence electrons. The van der Waals surface area contributed by atoms with Crippen LogP contribution < -0.4 is 10.6 Å². The van der Waals surface area contributed by atoms with E-state index in [2.05, 4.69) is 45.0 Å². The summed E-state index contributed by atoms with van der Waals surface area (Å²) < 4.78 is 5.19. The van der Waals surface area contributed by atoms with Crippen molar-refractivity contribution in [2.75, 3.05) is 13.6 Å². The van der Waals surface area contributed by atoms with E-state index in [1.165, 1.54) is 24.0 Å². The minimum absolute atomic E-state index is 0. The largest absolute Gasteiger partial charge is 0.361 e. The van der Waals surface area contributed by atoms with Crippen LogP contribution in [-0.4, -0.2) is 24.7 Å². The number of hydrogen-bond acceptors (Lipinski definition) is 3. The van der Waals surface area contributed by atoms with Gasteiger partial charge in [-0.15, -0.1) is 24.0 Å². The molecule has 1 aliphatic carbocycles. The van der Waals surface area contributed by atoms with Crippen LogP contribution in [0.4, 0.5) is 0 Å². The smallest absolute Gasteiger partial charge is 0.191 e. The summed E-state index contributed by atoms with van der Waals surface area (Å²) >= 11 is 0. The van der Waals surface area contributed by atoms with Gasteiger partial charge in [-0.3, -0.25) is 4.99 Å². The van der Waals surface area contributed by atoms with E-state index in [4.69, 9.17) is 4.52 Å². The Hall–Kier alpha value is -1.57. The molecule has 0 fully saturated rings. The zero-order chi connectivity index (χ0) is 16.2. The van der Waals surface area contributed by atoms with Crippen molar-refractivity contribution in [2.24, 2.45) is 4.99 Å². The van der Waals surface area contributed by atoms with Crippen molar-refractivity contribution in [3.8, 4) is 0 Å². The van der Waals surface area contributed by atoms with E-state index in [1.807, 2.05) is 13.8 Å². The summed E-state index contributed by atoms with van der Waals surface area (Å²) in [5, 5.41) is 10.8. The molecular weight excluding hydrogens is 415 g/mol. The minimum Gasteiger partial charge on any atom is -0.361 e. The number of aryl methyl sites for hydroxylation is 3. The highest BCUT2D eigenvalue weighted by Gasteiger charge is 2.21. The van der Waals surface area contributed by atoms with Gasteiger partial charge in [0.05, 0.1) is 5.69 Å². The average molecular weight is 440 g/mol. The Morgan fingerprint density at radius 3 is 2.79 bits per heavy atom. The first-order valence-corrected chi connectivity index (χ1v) is 8.13. The van der Waals surface area contributed by atoms with Gasteiger partial charge in [-0.1, -0.05) is 29.4 Å². The molecule has 2 aromatic rings. The molecule has 1 aromatic carbocycles. The molecule has 0 aliphatic heterocycles. The second-order valence-electron chi connectivity index (χ2n) is 6.04. The number of rotatable bonds is 4. The monoisotopic (exact) mass is 440 g/mol. The van der Waals surface area contributed by atoms with Crippen LogP contribution in [0.5, 0.6) is 0 Å². The predicted octanol–water partition coefficient (Wildman–Crippen LogP) is 3.30. The highest BCUT2D eigenvalue weighted by Crippen LogP contribution is 2.32. The minimum atomic E-state index is 0. The van der Waals surface area contributed by atoms with E-state index >= 15 is 0 Å². The van der Waals surface area contributed by atoms with Crippen LogP contribution >= 0.6 is 24.0 Å². The number of benzene rings is 1. The third kappa shape index (κ3) is 4.09. The fourth-order valence-corrected chi connectivity index (χ4v) is 3.22. The fraction of sp³-hybridized carbons (Fsp3) is 0.444.